The third-order valence-electron chi connectivity index (χ3n) is 14.9. The zero-order valence-electron chi connectivity index (χ0n) is 50.6. The molecule has 0 spiro atoms. The number of rotatable bonds is 56. The van der Waals surface area contributed by atoms with Gasteiger partial charge in [-0.3, -0.25) is 14.4 Å². The van der Waals surface area contributed by atoms with Crippen LogP contribution in [0.25, 0.3) is 0 Å². The van der Waals surface area contributed by atoms with Crippen LogP contribution in [0.4, 0.5) is 0 Å². The van der Waals surface area contributed by atoms with E-state index in [4.69, 9.17) is 23.7 Å². The van der Waals surface area contributed by atoms with E-state index in [1.165, 1.54) is 135 Å². The Morgan fingerprint density at radius 3 is 1.22 bits per heavy atom. The lowest BCUT2D eigenvalue weighted by atomic mass is 9.98. The Kier molecular flexibility index (Phi) is 51.5. The molecule has 12 nitrogen and oxygen atoms in total. The highest BCUT2D eigenvalue weighted by atomic mass is 16.7. The summed E-state index contributed by atoms with van der Waals surface area (Å²) >= 11 is 0. The Morgan fingerprint density at radius 2 is 0.785 bits per heavy atom. The number of carboxylic acids is 1. The van der Waals surface area contributed by atoms with E-state index in [1.807, 2.05) is 0 Å². The van der Waals surface area contributed by atoms with Gasteiger partial charge < -0.3 is 39.0 Å². The number of aliphatic hydroxyl groups is 2. The lowest BCUT2D eigenvalue weighted by molar-refractivity contribution is -0.301. The second-order valence-corrected chi connectivity index (χ2v) is 22.4. The summed E-state index contributed by atoms with van der Waals surface area (Å²) in [5.74, 6) is -3.12. The fourth-order valence-electron chi connectivity index (χ4n) is 9.85. The molecule has 1 aliphatic heterocycles. The van der Waals surface area contributed by atoms with Crippen molar-refractivity contribution in [1.29, 1.82) is 0 Å². The molecule has 0 amide bonds. The smallest absolute Gasteiger partial charge is 0.335 e. The number of unbranched alkanes of at least 4 members (excludes halogenated alkanes) is 34. The largest absolute Gasteiger partial charge is 0.479 e. The van der Waals surface area contributed by atoms with Crippen LogP contribution in [0.1, 0.15) is 303 Å². The van der Waals surface area contributed by atoms with Crippen LogP contribution in [0.5, 0.6) is 0 Å². The zero-order valence-corrected chi connectivity index (χ0v) is 50.6. The second-order valence-electron chi connectivity index (χ2n) is 22.4. The molecule has 12 heteroatoms. The van der Waals surface area contributed by atoms with E-state index in [0.29, 0.717) is 19.3 Å². The van der Waals surface area contributed by atoms with Crippen molar-refractivity contribution in [2.24, 2.45) is 0 Å². The average Bonchev–Trinajstić information content (AvgIpc) is 3.44. The van der Waals surface area contributed by atoms with Crippen molar-refractivity contribution in [1.82, 2.24) is 0 Å². The summed E-state index contributed by atoms with van der Waals surface area (Å²) in [6.45, 7) is 5.93. The minimum atomic E-state index is -1.90. The van der Waals surface area contributed by atoms with E-state index in [-0.39, 0.29) is 25.9 Å². The van der Waals surface area contributed by atoms with Gasteiger partial charge in [0.25, 0.3) is 0 Å². The van der Waals surface area contributed by atoms with Gasteiger partial charge in [-0.05, 0) is 77.0 Å². The molecule has 0 radical (unpaired) electrons. The van der Waals surface area contributed by atoms with Crippen molar-refractivity contribution in [3.63, 3.8) is 0 Å². The Morgan fingerprint density at radius 1 is 0.418 bits per heavy atom. The molecule has 1 fully saturated rings. The van der Waals surface area contributed by atoms with E-state index in [9.17, 15) is 34.5 Å². The molecule has 6 atom stereocenters. The molecule has 1 aliphatic rings. The van der Waals surface area contributed by atoms with Crippen molar-refractivity contribution < 1.29 is 58.2 Å². The van der Waals surface area contributed by atoms with Crippen molar-refractivity contribution in [2.45, 2.75) is 340 Å². The Balaban J connectivity index is 2.63. The summed E-state index contributed by atoms with van der Waals surface area (Å²) < 4.78 is 28.5. The first-order valence-electron chi connectivity index (χ1n) is 32.6. The molecular weight excluding hydrogens is 997 g/mol. The molecule has 0 saturated carbocycles. The number of hydrogen-bond donors (Lipinski definition) is 3. The predicted molar refractivity (Wildman–Crippen MR) is 322 cm³/mol. The number of carbonyl (C=O) groups excluding carboxylic acids is 3. The first-order chi connectivity index (χ1) is 38.6. The van der Waals surface area contributed by atoms with Crippen LogP contribution < -0.4 is 0 Å². The average molecular weight is 1120 g/mol. The first-order valence-corrected chi connectivity index (χ1v) is 32.6. The van der Waals surface area contributed by atoms with Crippen LogP contribution in [0.15, 0.2) is 48.6 Å². The highest BCUT2D eigenvalue weighted by molar-refractivity contribution is 5.74. The zero-order chi connectivity index (χ0) is 57.5. The van der Waals surface area contributed by atoms with Crippen LogP contribution >= 0.6 is 0 Å². The van der Waals surface area contributed by atoms with E-state index in [1.54, 1.807) is 0 Å². The van der Waals surface area contributed by atoms with Gasteiger partial charge >= 0.3 is 23.9 Å². The number of ether oxygens (including phenoxy) is 5. The quantitative estimate of drug-likeness (QED) is 0.0228. The van der Waals surface area contributed by atoms with Crippen LogP contribution in [0, 0.1) is 0 Å². The van der Waals surface area contributed by atoms with Gasteiger partial charge in [0.1, 0.15) is 18.8 Å². The van der Waals surface area contributed by atoms with Gasteiger partial charge in [0, 0.05) is 19.3 Å². The van der Waals surface area contributed by atoms with Gasteiger partial charge in [-0.1, -0.05) is 256 Å². The minimum absolute atomic E-state index is 0.0630. The Labute approximate surface area is 482 Å². The summed E-state index contributed by atoms with van der Waals surface area (Å²) in [6.07, 6.45) is 55.0. The van der Waals surface area contributed by atoms with Gasteiger partial charge in [0.2, 0.25) is 0 Å². The number of aliphatic carboxylic acids is 1. The number of carbonyl (C=O) groups is 4. The van der Waals surface area contributed by atoms with Crippen molar-refractivity contribution in [3.8, 4) is 0 Å². The Bertz CT molecular complexity index is 1560. The summed E-state index contributed by atoms with van der Waals surface area (Å²) in [7, 11) is 0. The van der Waals surface area contributed by atoms with Gasteiger partial charge in [-0.2, -0.15) is 0 Å². The lowest BCUT2D eigenvalue weighted by Gasteiger charge is -2.40. The van der Waals surface area contributed by atoms with Crippen LogP contribution in [0.3, 0.4) is 0 Å². The molecule has 458 valence electrons. The van der Waals surface area contributed by atoms with Gasteiger partial charge in [0.05, 0.1) is 6.61 Å². The second kappa shape index (κ2) is 55.2. The van der Waals surface area contributed by atoms with Gasteiger partial charge in [-0.15, -0.1) is 0 Å². The summed E-state index contributed by atoms with van der Waals surface area (Å²) in [4.78, 5) is 51.3. The fourth-order valence-corrected chi connectivity index (χ4v) is 9.85. The summed E-state index contributed by atoms with van der Waals surface area (Å²) in [5, 5.41) is 31.6. The molecule has 6 unspecified atom stereocenters. The molecule has 1 rings (SSSR count). The monoisotopic (exact) mass is 1110 g/mol. The molecule has 0 aliphatic carbocycles. The number of hydrogen-bond acceptors (Lipinski definition) is 11. The highest BCUT2D eigenvalue weighted by Gasteiger charge is 2.50. The van der Waals surface area contributed by atoms with Gasteiger partial charge in [-0.25, -0.2) is 4.79 Å². The Hall–Kier alpha value is -3.32. The molecule has 79 heavy (non-hydrogen) atoms. The van der Waals surface area contributed by atoms with Crippen molar-refractivity contribution in [3.05, 3.63) is 48.6 Å². The molecule has 1 heterocycles. The van der Waals surface area contributed by atoms with Crippen molar-refractivity contribution >= 4 is 23.9 Å². The maximum Gasteiger partial charge on any atom is 0.335 e. The van der Waals surface area contributed by atoms with Crippen LogP contribution in [-0.2, 0) is 42.9 Å². The minimum Gasteiger partial charge on any atom is -0.479 e. The molecule has 0 aromatic rings. The van der Waals surface area contributed by atoms with Crippen LogP contribution in [0.2, 0.25) is 0 Å². The SMILES string of the molecule is CCC/C=C\C/C=C\CCCCCCCC(=O)OC(COC(=O)CCCCCCCCCCC/C=C\C/C=C\CCCCC)COC1OC(C(=O)O)C(O)C(O)C1OC(=O)CCCCCCCCCCCCCCCCCCC. The van der Waals surface area contributed by atoms with Gasteiger partial charge in [0.15, 0.2) is 24.6 Å². The topological polar surface area (TPSA) is 175 Å². The molecular formula is C67H118O12. The fraction of sp³-hybridized carbons (Fsp3) is 0.821. The van der Waals surface area contributed by atoms with E-state index in [0.717, 1.165) is 109 Å². The maximum atomic E-state index is 13.2. The third kappa shape index (κ3) is 45.0. The van der Waals surface area contributed by atoms with Crippen molar-refractivity contribution in [2.75, 3.05) is 13.2 Å². The number of allylic oxidation sites excluding steroid dienone is 8. The van der Waals surface area contributed by atoms with Crippen LogP contribution in [-0.4, -0.2) is 89.2 Å². The molecule has 0 aromatic heterocycles. The molecule has 0 bridgehead atoms. The lowest BCUT2D eigenvalue weighted by Crippen LogP contribution is -2.61. The maximum absolute atomic E-state index is 13.2. The third-order valence-corrected chi connectivity index (χ3v) is 14.9. The highest BCUT2D eigenvalue weighted by Crippen LogP contribution is 2.27. The number of esters is 3. The molecule has 3 N–H and O–H groups in total. The van der Waals surface area contributed by atoms with E-state index < -0.39 is 67.3 Å². The van der Waals surface area contributed by atoms with E-state index >= 15 is 0 Å². The number of carboxylic acid groups (broad SMARTS) is 1. The summed E-state index contributed by atoms with van der Waals surface area (Å²) in [5.41, 5.74) is 0. The van der Waals surface area contributed by atoms with E-state index in [2.05, 4.69) is 69.4 Å². The normalized spacial score (nSPS) is 18.1. The standard InChI is InChI=1S/C67H118O12/c1-4-7-10-13-16-19-22-25-27-29-30-32-33-36-38-41-44-47-50-53-59(68)75-56-58(77-60(69)54-51-48-45-42-39-35-24-21-18-15-12-9-6-3)57-76-67-65(63(72)62(71)64(79-67)66(73)74)78-61(70)55-52-49-46-43-40-37-34-31-28-26-23-20-17-14-11-8-5-2/h12,15-16,19,21,24-25,27,58,62-65,67,71-72H,4-11,13-14,17-18,20,22-23,26,28-57H2,1-3H3,(H,73,74)/b15-12-,19-16-,24-21-,27-25-. The number of aliphatic hydroxyl groups excluding tert-OH is 2. The molecule has 1 saturated heterocycles. The molecule has 0 aromatic carbocycles. The summed E-state index contributed by atoms with van der Waals surface area (Å²) in [6, 6.07) is 0. The first kappa shape index (κ1) is 73.7. The predicted octanol–water partition coefficient (Wildman–Crippen LogP) is 17.3.